The summed E-state index contributed by atoms with van der Waals surface area (Å²) in [6, 6.07) is 0. The molecule has 0 heterocycles. The summed E-state index contributed by atoms with van der Waals surface area (Å²) < 4.78 is 0. The van der Waals surface area contributed by atoms with Gasteiger partial charge >= 0.3 is 0 Å². The first-order chi connectivity index (χ1) is 6.22. The van der Waals surface area contributed by atoms with Crippen LogP contribution in [-0.2, 0) is 0 Å². The highest BCUT2D eigenvalue weighted by Gasteiger charge is 2.05. The van der Waals surface area contributed by atoms with Gasteiger partial charge in [0.1, 0.15) is 5.84 Å². The molecule has 13 heavy (non-hydrogen) atoms. The molecule has 0 spiro atoms. The minimum absolute atomic E-state index is 0.0517. The Morgan fingerprint density at radius 1 is 1.77 bits per heavy atom. The number of oxime groups is 1. The average molecular weight is 183 g/mol. The second kappa shape index (κ2) is 7.44. The monoisotopic (exact) mass is 183 g/mol. The predicted molar refractivity (Wildman–Crippen MR) is 53.5 cm³/mol. The van der Waals surface area contributed by atoms with Crippen LogP contribution in [0.25, 0.3) is 0 Å². The maximum Gasteiger partial charge on any atom is 0.143 e. The minimum atomic E-state index is 0.0517. The maximum atomic E-state index is 8.35. The molecule has 0 aliphatic rings. The Kier molecular flexibility index (Phi) is 6.75. The Hall–Kier alpha value is -1.21. The van der Waals surface area contributed by atoms with Crippen molar-refractivity contribution in [1.82, 2.24) is 5.32 Å². The van der Waals surface area contributed by atoms with Crippen molar-refractivity contribution in [2.45, 2.75) is 19.8 Å². The van der Waals surface area contributed by atoms with Gasteiger partial charge in [-0.15, -0.1) is 12.3 Å². The van der Waals surface area contributed by atoms with E-state index in [1.54, 1.807) is 0 Å². The zero-order valence-electron chi connectivity index (χ0n) is 7.95. The molecular formula is C9H17N3O. The lowest BCUT2D eigenvalue weighted by atomic mass is 10.1. The molecule has 0 aliphatic heterocycles. The molecule has 0 bridgehead atoms. The molecule has 0 amide bonds. The molecular weight excluding hydrogens is 166 g/mol. The molecule has 0 fully saturated rings. The van der Waals surface area contributed by atoms with Gasteiger partial charge in [0.15, 0.2) is 0 Å². The van der Waals surface area contributed by atoms with Gasteiger partial charge in [-0.05, 0) is 13.0 Å². The Bertz CT molecular complexity index is 196. The minimum Gasteiger partial charge on any atom is -0.409 e. The number of terminal acetylenes is 1. The SMILES string of the molecule is C#CCCCNCC(C)C(N)=NO. The Labute approximate surface area is 79.2 Å². The lowest BCUT2D eigenvalue weighted by molar-refractivity contribution is 0.314. The van der Waals surface area contributed by atoms with Crippen molar-refractivity contribution in [2.24, 2.45) is 16.8 Å². The Balaban J connectivity index is 3.38. The summed E-state index contributed by atoms with van der Waals surface area (Å²) in [5.41, 5.74) is 5.39. The number of hydrogen-bond donors (Lipinski definition) is 3. The molecule has 0 saturated carbocycles. The molecule has 74 valence electrons. The zero-order chi connectivity index (χ0) is 10.1. The summed E-state index contributed by atoms with van der Waals surface area (Å²) in [4.78, 5) is 0. The second-order valence-corrected chi connectivity index (χ2v) is 2.94. The van der Waals surface area contributed by atoms with Crippen molar-refractivity contribution in [3.05, 3.63) is 0 Å². The Morgan fingerprint density at radius 3 is 3.00 bits per heavy atom. The highest BCUT2D eigenvalue weighted by atomic mass is 16.4. The normalized spacial score (nSPS) is 13.7. The van der Waals surface area contributed by atoms with Crippen LogP contribution in [0.2, 0.25) is 0 Å². The van der Waals surface area contributed by atoms with Gasteiger partial charge in [0.2, 0.25) is 0 Å². The number of hydrogen-bond acceptors (Lipinski definition) is 3. The van der Waals surface area contributed by atoms with E-state index in [1.165, 1.54) is 0 Å². The third kappa shape index (κ3) is 6.00. The van der Waals surface area contributed by atoms with Crippen molar-refractivity contribution < 1.29 is 5.21 Å². The van der Waals surface area contributed by atoms with E-state index < -0.39 is 0 Å². The van der Waals surface area contributed by atoms with Crippen LogP contribution in [0.15, 0.2) is 5.16 Å². The van der Waals surface area contributed by atoms with Crippen molar-refractivity contribution in [2.75, 3.05) is 13.1 Å². The highest BCUT2D eigenvalue weighted by Crippen LogP contribution is 1.92. The standard InChI is InChI=1S/C9H17N3O/c1-3-4-5-6-11-7-8(2)9(10)12-13/h1,8,11,13H,4-7H2,2H3,(H2,10,12). The summed E-state index contributed by atoms with van der Waals surface area (Å²) in [7, 11) is 0. The van der Waals surface area contributed by atoms with E-state index in [1.807, 2.05) is 6.92 Å². The number of nitrogens with one attached hydrogen (secondary N) is 1. The van der Waals surface area contributed by atoms with Gasteiger partial charge < -0.3 is 16.3 Å². The summed E-state index contributed by atoms with van der Waals surface area (Å²) >= 11 is 0. The molecule has 4 nitrogen and oxygen atoms in total. The van der Waals surface area contributed by atoms with Gasteiger partial charge in [-0.3, -0.25) is 0 Å². The molecule has 4 heteroatoms. The molecule has 0 radical (unpaired) electrons. The predicted octanol–water partition coefficient (Wildman–Crippen LogP) is 0.372. The third-order valence-corrected chi connectivity index (χ3v) is 1.75. The lowest BCUT2D eigenvalue weighted by Crippen LogP contribution is -2.31. The number of amidine groups is 1. The summed E-state index contributed by atoms with van der Waals surface area (Å²) in [6.45, 7) is 3.47. The lowest BCUT2D eigenvalue weighted by Gasteiger charge is -2.09. The van der Waals surface area contributed by atoms with E-state index in [9.17, 15) is 0 Å². The van der Waals surface area contributed by atoms with Crippen molar-refractivity contribution in [3.63, 3.8) is 0 Å². The van der Waals surface area contributed by atoms with Crippen molar-refractivity contribution >= 4 is 5.84 Å². The second-order valence-electron chi connectivity index (χ2n) is 2.94. The fourth-order valence-electron chi connectivity index (χ4n) is 0.837. The van der Waals surface area contributed by atoms with Crippen LogP contribution >= 0.6 is 0 Å². The quantitative estimate of drug-likeness (QED) is 0.139. The molecule has 0 saturated heterocycles. The molecule has 0 aliphatic carbocycles. The maximum absolute atomic E-state index is 8.35. The van der Waals surface area contributed by atoms with E-state index in [-0.39, 0.29) is 11.8 Å². The van der Waals surface area contributed by atoms with E-state index in [0.717, 1.165) is 19.4 Å². The van der Waals surface area contributed by atoms with Crippen molar-refractivity contribution in [1.29, 1.82) is 0 Å². The van der Waals surface area contributed by atoms with Crippen LogP contribution in [0, 0.1) is 18.3 Å². The van der Waals surface area contributed by atoms with E-state index in [4.69, 9.17) is 17.4 Å². The molecule has 0 aromatic carbocycles. The Morgan fingerprint density at radius 2 is 2.46 bits per heavy atom. The fourth-order valence-corrected chi connectivity index (χ4v) is 0.837. The number of nitrogens with two attached hydrogens (primary N) is 1. The van der Waals surface area contributed by atoms with Gasteiger partial charge in [0, 0.05) is 18.9 Å². The number of unbranched alkanes of at least 4 members (excludes halogenated alkanes) is 1. The summed E-state index contributed by atoms with van der Waals surface area (Å²) in [5.74, 6) is 2.87. The molecule has 0 aromatic rings. The first-order valence-corrected chi connectivity index (χ1v) is 4.34. The molecule has 0 rings (SSSR count). The third-order valence-electron chi connectivity index (χ3n) is 1.75. The fraction of sp³-hybridized carbons (Fsp3) is 0.667. The van der Waals surface area contributed by atoms with Gasteiger partial charge in [-0.2, -0.15) is 0 Å². The summed E-state index contributed by atoms with van der Waals surface area (Å²) in [6.07, 6.45) is 6.83. The zero-order valence-corrected chi connectivity index (χ0v) is 7.95. The van der Waals surface area contributed by atoms with Gasteiger partial charge in [-0.25, -0.2) is 0 Å². The number of rotatable bonds is 6. The van der Waals surface area contributed by atoms with Crippen LogP contribution in [0.1, 0.15) is 19.8 Å². The largest absolute Gasteiger partial charge is 0.409 e. The van der Waals surface area contributed by atoms with Crippen molar-refractivity contribution in [3.8, 4) is 12.3 Å². The topological polar surface area (TPSA) is 70.6 Å². The van der Waals surface area contributed by atoms with Gasteiger partial charge in [-0.1, -0.05) is 12.1 Å². The number of nitrogens with zero attached hydrogens (tertiary/aromatic N) is 1. The van der Waals surface area contributed by atoms with E-state index in [2.05, 4.69) is 16.4 Å². The smallest absolute Gasteiger partial charge is 0.143 e. The molecule has 1 atom stereocenters. The summed E-state index contributed by atoms with van der Waals surface area (Å²) in [5, 5.41) is 14.4. The molecule has 4 N–H and O–H groups in total. The van der Waals surface area contributed by atoms with E-state index in [0.29, 0.717) is 6.54 Å². The van der Waals surface area contributed by atoms with Crippen LogP contribution in [0.3, 0.4) is 0 Å². The first kappa shape index (κ1) is 11.8. The molecule has 0 aromatic heterocycles. The van der Waals surface area contributed by atoms with Crippen LogP contribution < -0.4 is 11.1 Å². The van der Waals surface area contributed by atoms with Gasteiger partial charge in [0.25, 0.3) is 0 Å². The van der Waals surface area contributed by atoms with E-state index >= 15 is 0 Å². The molecule has 1 unspecified atom stereocenters. The first-order valence-electron chi connectivity index (χ1n) is 4.34. The highest BCUT2D eigenvalue weighted by molar-refractivity contribution is 5.82. The van der Waals surface area contributed by atoms with Crippen LogP contribution in [0.4, 0.5) is 0 Å². The van der Waals surface area contributed by atoms with Crippen LogP contribution in [0.5, 0.6) is 0 Å². The van der Waals surface area contributed by atoms with Crippen LogP contribution in [-0.4, -0.2) is 24.1 Å². The average Bonchev–Trinajstić information content (AvgIpc) is 2.16. The van der Waals surface area contributed by atoms with Gasteiger partial charge in [0.05, 0.1) is 0 Å².